The van der Waals surface area contributed by atoms with Crippen LogP contribution in [0.2, 0.25) is 5.02 Å². The Kier molecular flexibility index (Phi) is 8.09. The smallest absolute Gasteiger partial charge is 0.307 e. The lowest BCUT2D eigenvalue weighted by Gasteiger charge is -2.38. The van der Waals surface area contributed by atoms with Crippen molar-refractivity contribution in [3.05, 3.63) is 94.5 Å². The number of hydrogen-bond acceptors (Lipinski definition) is 4. The number of nitrogens with zero attached hydrogens (tertiary/aromatic N) is 1. The molecule has 1 saturated heterocycles. The summed E-state index contributed by atoms with van der Waals surface area (Å²) >= 11 is 6.34. The van der Waals surface area contributed by atoms with E-state index in [1.807, 2.05) is 79.7 Å². The van der Waals surface area contributed by atoms with Crippen LogP contribution < -0.4 is 9.47 Å². The van der Waals surface area contributed by atoms with E-state index in [2.05, 4.69) is 4.90 Å². The number of aliphatic carboxylic acids is 1. The van der Waals surface area contributed by atoms with Crippen LogP contribution in [0, 0.1) is 5.92 Å². The van der Waals surface area contributed by atoms with Gasteiger partial charge in [0.1, 0.15) is 6.61 Å². The fourth-order valence-electron chi connectivity index (χ4n) is 4.55. The SMILES string of the molecule is CCOc1cc(C(c2cccc(Cl)c2)N2CCCC(C(=O)O)C2)ccc1OCc1ccccc1. The van der Waals surface area contributed by atoms with Gasteiger partial charge < -0.3 is 14.6 Å². The van der Waals surface area contributed by atoms with Crippen LogP contribution >= 0.6 is 11.6 Å². The van der Waals surface area contributed by atoms with Gasteiger partial charge in [0.05, 0.1) is 18.6 Å². The van der Waals surface area contributed by atoms with E-state index in [0.717, 1.165) is 29.7 Å². The highest BCUT2D eigenvalue weighted by atomic mass is 35.5. The van der Waals surface area contributed by atoms with Gasteiger partial charge in [0.2, 0.25) is 0 Å². The number of piperidine rings is 1. The molecule has 178 valence electrons. The zero-order valence-electron chi connectivity index (χ0n) is 19.3. The summed E-state index contributed by atoms with van der Waals surface area (Å²) in [5.74, 6) is 0.237. The summed E-state index contributed by atoms with van der Waals surface area (Å²) in [7, 11) is 0. The fraction of sp³-hybridized carbons (Fsp3) is 0.321. The van der Waals surface area contributed by atoms with E-state index in [1.54, 1.807) is 0 Å². The summed E-state index contributed by atoms with van der Waals surface area (Å²) in [5, 5.41) is 10.3. The molecule has 3 aromatic rings. The average molecular weight is 480 g/mol. The van der Waals surface area contributed by atoms with E-state index < -0.39 is 5.97 Å². The predicted molar refractivity (Wildman–Crippen MR) is 134 cm³/mol. The van der Waals surface area contributed by atoms with Crippen LogP contribution in [0.3, 0.4) is 0 Å². The van der Waals surface area contributed by atoms with Crippen molar-refractivity contribution in [3.8, 4) is 11.5 Å². The summed E-state index contributed by atoms with van der Waals surface area (Å²) in [5.41, 5.74) is 3.13. The highest BCUT2D eigenvalue weighted by Crippen LogP contribution is 2.38. The molecule has 1 aliphatic heterocycles. The van der Waals surface area contributed by atoms with E-state index in [4.69, 9.17) is 21.1 Å². The van der Waals surface area contributed by atoms with Crippen molar-refractivity contribution in [3.63, 3.8) is 0 Å². The summed E-state index contributed by atoms with van der Waals surface area (Å²) in [6.07, 6.45) is 1.54. The normalized spacial score (nSPS) is 17.2. The molecule has 0 bridgehead atoms. The molecule has 1 fully saturated rings. The van der Waals surface area contributed by atoms with Gasteiger partial charge in [-0.05, 0) is 67.3 Å². The zero-order valence-corrected chi connectivity index (χ0v) is 20.1. The summed E-state index contributed by atoms with van der Waals surface area (Å²) in [6.45, 7) is 4.21. The predicted octanol–water partition coefficient (Wildman–Crippen LogP) is 6.20. The fourth-order valence-corrected chi connectivity index (χ4v) is 4.75. The van der Waals surface area contributed by atoms with Crippen molar-refractivity contribution in [2.24, 2.45) is 5.92 Å². The lowest BCUT2D eigenvalue weighted by Crippen LogP contribution is -2.41. The molecule has 1 heterocycles. The van der Waals surface area contributed by atoms with Gasteiger partial charge in [0.25, 0.3) is 0 Å². The van der Waals surface area contributed by atoms with Crippen LogP contribution in [0.25, 0.3) is 0 Å². The first-order valence-electron chi connectivity index (χ1n) is 11.7. The Bertz CT molecular complexity index is 1100. The number of carboxylic acids is 1. The molecular weight excluding hydrogens is 450 g/mol. The Hall–Kier alpha value is -3.02. The van der Waals surface area contributed by atoms with Gasteiger partial charge >= 0.3 is 5.97 Å². The highest BCUT2D eigenvalue weighted by molar-refractivity contribution is 6.30. The van der Waals surface area contributed by atoms with Gasteiger partial charge in [0.15, 0.2) is 11.5 Å². The molecule has 2 atom stereocenters. The third-order valence-corrected chi connectivity index (χ3v) is 6.39. The Balaban J connectivity index is 1.67. The molecule has 0 saturated carbocycles. The second kappa shape index (κ2) is 11.4. The van der Waals surface area contributed by atoms with Crippen molar-refractivity contribution in [2.45, 2.75) is 32.4 Å². The Morgan fingerprint density at radius 1 is 1.03 bits per heavy atom. The summed E-state index contributed by atoms with van der Waals surface area (Å²) < 4.78 is 12.1. The first kappa shape index (κ1) is 24.1. The van der Waals surface area contributed by atoms with Gasteiger partial charge in [0, 0.05) is 11.6 Å². The first-order valence-corrected chi connectivity index (χ1v) is 12.1. The number of carbonyl (C=O) groups is 1. The molecule has 0 amide bonds. The lowest BCUT2D eigenvalue weighted by molar-refractivity contribution is -0.143. The number of ether oxygens (including phenoxy) is 2. The molecule has 4 rings (SSSR count). The number of carboxylic acid groups (broad SMARTS) is 1. The van der Waals surface area contributed by atoms with Crippen LogP contribution in [0.4, 0.5) is 0 Å². The van der Waals surface area contributed by atoms with Crippen LogP contribution in [-0.2, 0) is 11.4 Å². The molecule has 1 N–H and O–H groups in total. The number of rotatable bonds is 9. The molecule has 3 aromatic carbocycles. The lowest BCUT2D eigenvalue weighted by atomic mass is 9.91. The molecule has 0 aliphatic carbocycles. The van der Waals surface area contributed by atoms with E-state index in [1.165, 1.54) is 0 Å². The van der Waals surface area contributed by atoms with Gasteiger partial charge in [-0.2, -0.15) is 0 Å². The number of hydrogen-bond donors (Lipinski definition) is 1. The standard InChI is InChI=1S/C28H30ClNO4/c1-2-33-26-17-22(13-14-25(26)34-19-20-8-4-3-5-9-20)27(21-10-6-12-24(29)16-21)30-15-7-11-23(18-30)28(31)32/h3-6,8-10,12-14,16-17,23,27H,2,7,11,15,18-19H2,1H3,(H,31,32). The third kappa shape index (κ3) is 5.91. The second-order valence-electron chi connectivity index (χ2n) is 8.54. The van der Waals surface area contributed by atoms with Gasteiger partial charge in [-0.3, -0.25) is 9.69 Å². The minimum Gasteiger partial charge on any atom is -0.490 e. The molecule has 0 aromatic heterocycles. The molecular formula is C28H30ClNO4. The number of benzene rings is 3. The molecule has 1 aliphatic rings. The third-order valence-electron chi connectivity index (χ3n) is 6.15. The summed E-state index contributed by atoms with van der Waals surface area (Å²) in [4.78, 5) is 14.0. The molecule has 2 unspecified atom stereocenters. The van der Waals surface area contributed by atoms with Crippen LogP contribution in [0.15, 0.2) is 72.8 Å². The Morgan fingerprint density at radius 2 is 1.82 bits per heavy atom. The monoisotopic (exact) mass is 479 g/mol. The van der Waals surface area contributed by atoms with Crippen molar-refractivity contribution >= 4 is 17.6 Å². The van der Waals surface area contributed by atoms with Crippen molar-refractivity contribution in [1.29, 1.82) is 0 Å². The van der Waals surface area contributed by atoms with E-state index in [0.29, 0.717) is 42.7 Å². The van der Waals surface area contributed by atoms with Crippen molar-refractivity contribution in [2.75, 3.05) is 19.7 Å². The number of halogens is 1. The summed E-state index contributed by atoms with van der Waals surface area (Å²) in [6, 6.07) is 23.7. The largest absolute Gasteiger partial charge is 0.490 e. The van der Waals surface area contributed by atoms with Crippen LogP contribution in [0.5, 0.6) is 11.5 Å². The zero-order chi connectivity index (χ0) is 23.9. The average Bonchev–Trinajstić information content (AvgIpc) is 2.85. The Morgan fingerprint density at radius 3 is 2.56 bits per heavy atom. The molecule has 34 heavy (non-hydrogen) atoms. The van der Waals surface area contributed by atoms with Gasteiger partial charge in [-0.25, -0.2) is 0 Å². The maximum atomic E-state index is 11.7. The molecule has 0 spiro atoms. The Labute approximate surface area is 205 Å². The van der Waals surface area contributed by atoms with Crippen molar-refractivity contribution < 1.29 is 19.4 Å². The minimum atomic E-state index is -0.741. The first-order chi connectivity index (χ1) is 16.5. The van der Waals surface area contributed by atoms with E-state index in [-0.39, 0.29) is 12.0 Å². The van der Waals surface area contributed by atoms with E-state index in [9.17, 15) is 9.90 Å². The molecule has 6 heteroatoms. The highest BCUT2D eigenvalue weighted by Gasteiger charge is 2.32. The van der Waals surface area contributed by atoms with Gasteiger partial charge in [-0.1, -0.05) is 60.1 Å². The maximum Gasteiger partial charge on any atom is 0.307 e. The number of likely N-dealkylation sites (tertiary alicyclic amines) is 1. The maximum absolute atomic E-state index is 11.7. The topological polar surface area (TPSA) is 59.0 Å². The quantitative estimate of drug-likeness (QED) is 0.395. The van der Waals surface area contributed by atoms with E-state index >= 15 is 0 Å². The molecule has 5 nitrogen and oxygen atoms in total. The minimum absolute atomic E-state index is 0.136. The van der Waals surface area contributed by atoms with Gasteiger partial charge in [-0.15, -0.1) is 0 Å². The molecule has 0 radical (unpaired) electrons. The second-order valence-corrected chi connectivity index (χ2v) is 8.98. The van der Waals surface area contributed by atoms with Crippen LogP contribution in [0.1, 0.15) is 42.5 Å². The van der Waals surface area contributed by atoms with Crippen molar-refractivity contribution in [1.82, 2.24) is 4.90 Å². The van der Waals surface area contributed by atoms with Crippen LogP contribution in [-0.4, -0.2) is 35.7 Å².